The molecule has 10 heteroatoms. The standard InChI is InChI=1S/C9H7N3O4S3/c1-16-7(13)4-17-9-11-10-8(19-9)5-2-3-6(18-5)12(14)15/h2-3H,4H2,1H3. The molecule has 0 amide bonds. The lowest BCUT2D eigenvalue weighted by Crippen LogP contribution is -2.02. The van der Waals surface area contributed by atoms with Crippen molar-refractivity contribution in [2.75, 3.05) is 12.9 Å². The van der Waals surface area contributed by atoms with Gasteiger partial charge in [-0.2, -0.15) is 0 Å². The summed E-state index contributed by atoms with van der Waals surface area (Å²) in [5.41, 5.74) is 0. The van der Waals surface area contributed by atoms with Crippen LogP contribution in [0.15, 0.2) is 16.5 Å². The van der Waals surface area contributed by atoms with Crippen molar-refractivity contribution in [1.82, 2.24) is 10.2 Å². The van der Waals surface area contributed by atoms with Gasteiger partial charge in [-0.15, -0.1) is 10.2 Å². The summed E-state index contributed by atoms with van der Waals surface area (Å²) in [6.07, 6.45) is 0. The number of hydrogen-bond donors (Lipinski definition) is 0. The average molecular weight is 317 g/mol. The molecule has 0 aliphatic heterocycles. The number of carbonyl (C=O) groups is 1. The predicted molar refractivity (Wildman–Crippen MR) is 72.6 cm³/mol. The number of methoxy groups -OCH3 is 1. The molecular weight excluding hydrogens is 310 g/mol. The van der Waals surface area contributed by atoms with Gasteiger partial charge >= 0.3 is 11.0 Å². The molecule has 2 heterocycles. The number of ether oxygens (including phenoxy) is 1. The lowest BCUT2D eigenvalue weighted by Gasteiger charge is -1.94. The highest BCUT2D eigenvalue weighted by Crippen LogP contribution is 2.36. The first-order valence-electron chi connectivity index (χ1n) is 4.88. The van der Waals surface area contributed by atoms with Crippen molar-refractivity contribution in [3.05, 3.63) is 22.2 Å². The molecule has 19 heavy (non-hydrogen) atoms. The smallest absolute Gasteiger partial charge is 0.324 e. The van der Waals surface area contributed by atoms with Crippen molar-refractivity contribution in [1.29, 1.82) is 0 Å². The molecular formula is C9H7N3O4S3. The molecule has 2 rings (SSSR count). The molecule has 2 aromatic rings. The van der Waals surface area contributed by atoms with Crippen LogP contribution < -0.4 is 0 Å². The number of thioether (sulfide) groups is 1. The molecule has 0 N–H and O–H groups in total. The Hall–Kier alpha value is -1.52. The molecule has 0 saturated heterocycles. The van der Waals surface area contributed by atoms with Crippen molar-refractivity contribution in [3.8, 4) is 9.88 Å². The molecule has 0 atom stereocenters. The maximum absolute atomic E-state index is 11.0. The van der Waals surface area contributed by atoms with E-state index in [0.717, 1.165) is 11.3 Å². The van der Waals surface area contributed by atoms with Crippen LogP contribution in [0.25, 0.3) is 9.88 Å². The molecule has 0 saturated carbocycles. The Balaban J connectivity index is 2.07. The largest absolute Gasteiger partial charge is 0.468 e. The number of aromatic nitrogens is 2. The summed E-state index contributed by atoms with van der Waals surface area (Å²) in [6, 6.07) is 3.07. The second kappa shape index (κ2) is 6.08. The molecule has 7 nitrogen and oxygen atoms in total. The number of nitro groups is 1. The third-order valence-electron chi connectivity index (χ3n) is 1.93. The highest BCUT2D eigenvalue weighted by atomic mass is 32.2. The van der Waals surface area contributed by atoms with Crippen molar-refractivity contribution in [2.45, 2.75) is 4.34 Å². The van der Waals surface area contributed by atoms with Gasteiger partial charge < -0.3 is 4.74 Å². The van der Waals surface area contributed by atoms with Crippen LogP contribution in [-0.2, 0) is 9.53 Å². The van der Waals surface area contributed by atoms with Crippen LogP contribution in [-0.4, -0.2) is 34.0 Å². The van der Waals surface area contributed by atoms with Crippen molar-refractivity contribution in [3.63, 3.8) is 0 Å². The number of esters is 1. The second-order valence-corrected chi connectivity index (χ2v) is 6.40. The minimum Gasteiger partial charge on any atom is -0.468 e. The van der Waals surface area contributed by atoms with Crippen molar-refractivity contribution >= 4 is 45.4 Å². The Morgan fingerprint density at radius 2 is 2.26 bits per heavy atom. The highest BCUT2D eigenvalue weighted by molar-refractivity contribution is 8.01. The molecule has 0 spiro atoms. The summed E-state index contributed by atoms with van der Waals surface area (Å²) in [5, 5.41) is 19.1. The Kier molecular flexibility index (Phi) is 4.45. The van der Waals surface area contributed by atoms with Gasteiger partial charge in [0.1, 0.15) is 0 Å². The fourth-order valence-electron chi connectivity index (χ4n) is 1.09. The molecule has 0 radical (unpaired) electrons. The van der Waals surface area contributed by atoms with Gasteiger partial charge in [-0.05, 0) is 6.07 Å². The van der Waals surface area contributed by atoms with Crippen LogP contribution >= 0.6 is 34.4 Å². The SMILES string of the molecule is COC(=O)CSc1nnc(-c2ccc([N+](=O)[O-])s2)s1. The normalized spacial score (nSPS) is 10.4. The van der Waals surface area contributed by atoms with Crippen LogP contribution in [0.3, 0.4) is 0 Å². The molecule has 2 aromatic heterocycles. The molecule has 0 unspecified atom stereocenters. The molecule has 100 valence electrons. The van der Waals surface area contributed by atoms with Crippen LogP contribution in [0.1, 0.15) is 0 Å². The van der Waals surface area contributed by atoms with E-state index in [1.165, 1.54) is 36.3 Å². The first-order valence-corrected chi connectivity index (χ1v) is 7.49. The summed E-state index contributed by atoms with van der Waals surface area (Å²) in [6.45, 7) is 0. The van der Waals surface area contributed by atoms with E-state index >= 15 is 0 Å². The van der Waals surface area contributed by atoms with Gasteiger partial charge in [0.2, 0.25) is 0 Å². The van der Waals surface area contributed by atoms with Gasteiger partial charge in [0.15, 0.2) is 9.35 Å². The second-order valence-electron chi connectivity index (χ2n) is 3.13. The van der Waals surface area contributed by atoms with Crippen LogP contribution in [0, 0.1) is 10.1 Å². The first-order chi connectivity index (χ1) is 9.10. The fourth-order valence-corrected chi connectivity index (χ4v) is 3.64. The zero-order chi connectivity index (χ0) is 13.8. The lowest BCUT2D eigenvalue weighted by atomic mass is 10.5. The van der Waals surface area contributed by atoms with E-state index in [0.29, 0.717) is 14.2 Å². The van der Waals surface area contributed by atoms with Gasteiger partial charge in [-0.1, -0.05) is 34.4 Å². The van der Waals surface area contributed by atoms with Crippen molar-refractivity contribution in [2.24, 2.45) is 0 Å². The van der Waals surface area contributed by atoms with E-state index in [-0.39, 0.29) is 16.7 Å². The van der Waals surface area contributed by atoms with E-state index in [1.54, 1.807) is 6.07 Å². The van der Waals surface area contributed by atoms with E-state index in [4.69, 9.17) is 0 Å². The van der Waals surface area contributed by atoms with Gasteiger partial charge in [0.05, 0.1) is 22.7 Å². The van der Waals surface area contributed by atoms with E-state index in [1.807, 2.05) is 0 Å². The molecule has 0 aliphatic rings. The van der Waals surface area contributed by atoms with Gasteiger partial charge in [0.25, 0.3) is 0 Å². The summed E-state index contributed by atoms with van der Waals surface area (Å²) < 4.78 is 5.14. The average Bonchev–Trinajstić information content (AvgIpc) is 3.04. The fraction of sp³-hybridized carbons (Fsp3) is 0.222. The van der Waals surface area contributed by atoms with Crippen LogP contribution in [0.2, 0.25) is 0 Å². The number of thiophene rings is 1. The summed E-state index contributed by atoms with van der Waals surface area (Å²) in [4.78, 5) is 21.8. The van der Waals surface area contributed by atoms with Crippen LogP contribution in [0.5, 0.6) is 0 Å². The van der Waals surface area contributed by atoms with E-state index in [2.05, 4.69) is 14.9 Å². The molecule has 0 aliphatic carbocycles. The zero-order valence-electron chi connectivity index (χ0n) is 9.56. The number of rotatable bonds is 5. The van der Waals surface area contributed by atoms with Gasteiger partial charge in [-0.25, -0.2) is 0 Å². The third kappa shape index (κ3) is 3.49. The Morgan fingerprint density at radius 3 is 2.89 bits per heavy atom. The van der Waals surface area contributed by atoms with Crippen molar-refractivity contribution < 1.29 is 14.5 Å². The summed E-state index contributed by atoms with van der Waals surface area (Å²) in [5.74, 6) is -0.177. The Bertz CT molecular complexity index is 609. The van der Waals surface area contributed by atoms with Gasteiger partial charge in [-0.3, -0.25) is 14.9 Å². The van der Waals surface area contributed by atoms with E-state index in [9.17, 15) is 14.9 Å². The number of nitrogens with zero attached hydrogens (tertiary/aromatic N) is 3. The predicted octanol–water partition coefficient (Wildman–Crippen LogP) is 2.44. The quantitative estimate of drug-likeness (QED) is 0.362. The lowest BCUT2D eigenvalue weighted by molar-refractivity contribution is -0.380. The first kappa shape index (κ1) is 13.9. The van der Waals surface area contributed by atoms with E-state index < -0.39 is 4.92 Å². The minimum atomic E-state index is -0.442. The number of carbonyl (C=O) groups excluding carboxylic acids is 1. The highest BCUT2D eigenvalue weighted by Gasteiger charge is 2.15. The maximum atomic E-state index is 11.0. The molecule has 0 bridgehead atoms. The zero-order valence-corrected chi connectivity index (χ0v) is 12.0. The minimum absolute atomic E-state index is 0.0639. The van der Waals surface area contributed by atoms with Crippen LogP contribution in [0.4, 0.5) is 5.00 Å². The topological polar surface area (TPSA) is 95.2 Å². The number of hydrogen-bond acceptors (Lipinski definition) is 9. The molecule has 0 aromatic carbocycles. The monoisotopic (exact) mass is 317 g/mol. The Labute approximate surface area is 119 Å². The third-order valence-corrected chi connectivity index (χ3v) is 5.17. The summed E-state index contributed by atoms with van der Waals surface area (Å²) in [7, 11) is 1.32. The molecule has 0 fully saturated rings. The van der Waals surface area contributed by atoms with Gasteiger partial charge in [0, 0.05) is 6.07 Å². The Morgan fingerprint density at radius 1 is 1.47 bits per heavy atom. The summed E-state index contributed by atoms with van der Waals surface area (Å²) >= 11 is 3.55. The maximum Gasteiger partial charge on any atom is 0.324 e.